The Kier molecular flexibility index (Phi) is 5.28. The zero-order valence-electron chi connectivity index (χ0n) is 13.6. The molecule has 2 aromatic rings. The van der Waals surface area contributed by atoms with Crippen LogP contribution in [0.5, 0.6) is 5.75 Å². The number of carbonyl (C=O) groups is 1. The number of likely N-dealkylation sites (N-methyl/N-ethyl adjacent to an activating group) is 1. The summed E-state index contributed by atoms with van der Waals surface area (Å²) >= 11 is 0. The van der Waals surface area contributed by atoms with Gasteiger partial charge in [-0.25, -0.2) is 0 Å². The molecule has 0 aliphatic carbocycles. The van der Waals surface area contributed by atoms with Crippen LogP contribution in [0.1, 0.15) is 15.9 Å². The lowest BCUT2D eigenvalue weighted by atomic mass is 10.0. The van der Waals surface area contributed by atoms with Gasteiger partial charge in [-0.05, 0) is 32.3 Å². The highest BCUT2D eigenvalue weighted by atomic mass is 19.4. The van der Waals surface area contributed by atoms with E-state index in [1.54, 1.807) is 14.1 Å². The van der Waals surface area contributed by atoms with Crippen LogP contribution in [-0.2, 0) is 6.18 Å². The number of nitrogens with zero attached hydrogens (tertiary/aromatic N) is 2. The Balaban J connectivity index is 2.51. The molecule has 1 amide bonds. The van der Waals surface area contributed by atoms with Gasteiger partial charge in [-0.1, -0.05) is 0 Å². The number of hydrogen-bond acceptors (Lipinski definition) is 4. The number of hydrogen-bond donors (Lipinski definition) is 1. The van der Waals surface area contributed by atoms with E-state index in [0.29, 0.717) is 6.54 Å². The van der Waals surface area contributed by atoms with Crippen LogP contribution in [0, 0.1) is 0 Å². The molecule has 0 aliphatic heterocycles. The van der Waals surface area contributed by atoms with Crippen molar-refractivity contribution >= 4 is 16.8 Å². The summed E-state index contributed by atoms with van der Waals surface area (Å²) in [6.45, 7) is 0.751. The molecule has 24 heavy (non-hydrogen) atoms. The van der Waals surface area contributed by atoms with Gasteiger partial charge < -0.3 is 15.0 Å². The van der Waals surface area contributed by atoms with Gasteiger partial charge >= 0.3 is 6.18 Å². The summed E-state index contributed by atoms with van der Waals surface area (Å²) in [4.78, 5) is 18.0. The van der Waals surface area contributed by atoms with Crippen LogP contribution in [-0.4, -0.2) is 50.1 Å². The molecule has 0 aliphatic rings. The van der Waals surface area contributed by atoms with Crippen molar-refractivity contribution in [3.63, 3.8) is 0 Å². The number of ether oxygens (including phenoxy) is 1. The molecule has 5 nitrogen and oxygen atoms in total. The Hall–Kier alpha value is -2.35. The number of aromatic nitrogens is 1. The predicted octanol–water partition coefficient (Wildman–Crippen LogP) is 2.55. The molecule has 0 unspecified atom stereocenters. The third-order valence-electron chi connectivity index (χ3n) is 3.45. The van der Waals surface area contributed by atoms with Crippen molar-refractivity contribution in [3.05, 3.63) is 35.5 Å². The van der Waals surface area contributed by atoms with E-state index in [2.05, 4.69) is 10.3 Å². The third-order valence-corrected chi connectivity index (χ3v) is 3.45. The van der Waals surface area contributed by atoms with E-state index in [0.717, 1.165) is 6.20 Å². The summed E-state index contributed by atoms with van der Waals surface area (Å²) in [6.07, 6.45) is -3.73. The molecule has 0 atom stereocenters. The second-order valence-electron chi connectivity index (χ2n) is 5.49. The lowest BCUT2D eigenvalue weighted by Gasteiger charge is -2.16. The number of pyridine rings is 1. The topological polar surface area (TPSA) is 54.5 Å². The normalized spacial score (nSPS) is 11.8. The van der Waals surface area contributed by atoms with Crippen molar-refractivity contribution in [2.75, 3.05) is 34.3 Å². The summed E-state index contributed by atoms with van der Waals surface area (Å²) in [5, 5.41) is 2.32. The highest BCUT2D eigenvalue weighted by molar-refractivity contribution is 6.00. The van der Waals surface area contributed by atoms with Crippen molar-refractivity contribution in [2.45, 2.75) is 6.18 Å². The fraction of sp³-hybridized carbons (Fsp3) is 0.375. The SMILES string of the molecule is COc1ccc2ncc(C(=O)NCCN(C)C)c(C(F)(F)F)c2c1. The number of halogens is 3. The molecular weight excluding hydrogens is 323 g/mol. The van der Waals surface area contributed by atoms with Crippen LogP contribution < -0.4 is 10.1 Å². The monoisotopic (exact) mass is 341 g/mol. The summed E-state index contributed by atoms with van der Waals surface area (Å²) in [7, 11) is 4.97. The minimum atomic E-state index is -4.69. The third kappa shape index (κ3) is 3.94. The van der Waals surface area contributed by atoms with Crippen LogP contribution in [0.3, 0.4) is 0 Å². The van der Waals surface area contributed by atoms with Crippen LogP contribution in [0.2, 0.25) is 0 Å². The Morgan fingerprint density at radius 3 is 2.62 bits per heavy atom. The molecule has 1 aromatic heterocycles. The van der Waals surface area contributed by atoms with Gasteiger partial charge in [-0.2, -0.15) is 13.2 Å². The molecule has 8 heteroatoms. The van der Waals surface area contributed by atoms with E-state index in [4.69, 9.17) is 4.74 Å². The van der Waals surface area contributed by atoms with E-state index < -0.39 is 23.2 Å². The minimum absolute atomic E-state index is 0.146. The maximum Gasteiger partial charge on any atom is 0.417 e. The Labute approximate surface area is 137 Å². The van der Waals surface area contributed by atoms with Gasteiger partial charge in [0.05, 0.1) is 23.8 Å². The van der Waals surface area contributed by atoms with E-state index in [9.17, 15) is 18.0 Å². The largest absolute Gasteiger partial charge is 0.497 e. The maximum absolute atomic E-state index is 13.6. The van der Waals surface area contributed by atoms with Crippen LogP contribution in [0.4, 0.5) is 13.2 Å². The molecule has 1 heterocycles. The Morgan fingerprint density at radius 1 is 1.33 bits per heavy atom. The van der Waals surface area contributed by atoms with Gasteiger partial charge in [-0.15, -0.1) is 0 Å². The fourth-order valence-corrected chi connectivity index (χ4v) is 2.26. The first-order chi connectivity index (χ1) is 11.2. The lowest BCUT2D eigenvalue weighted by Crippen LogP contribution is -2.32. The van der Waals surface area contributed by atoms with E-state index in [1.807, 2.05) is 4.90 Å². The second kappa shape index (κ2) is 7.04. The Bertz CT molecular complexity index is 745. The number of methoxy groups -OCH3 is 1. The number of nitrogens with one attached hydrogen (secondary N) is 1. The number of fused-ring (bicyclic) bond motifs is 1. The van der Waals surface area contributed by atoms with E-state index in [1.165, 1.54) is 25.3 Å². The van der Waals surface area contributed by atoms with Crippen molar-refractivity contribution in [3.8, 4) is 5.75 Å². The summed E-state index contributed by atoms with van der Waals surface area (Å²) < 4.78 is 45.7. The number of benzene rings is 1. The molecule has 2 rings (SSSR count). The number of alkyl halides is 3. The van der Waals surface area contributed by atoms with Crippen LogP contribution in [0.15, 0.2) is 24.4 Å². The van der Waals surface area contributed by atoms with Gasteiger partial charge in [-0.3, -0.25) is 9.78 Å². The number of carbonyl (C=O) groups excluding carboxylic acids is 1. The highest BCUT2D eigenvalue weighted by Gasteiger charge is 2.37. The van der Waals surface area contributed by atoms with Crippen molar-refractivity contribution in [1.82, 2.24) is 15.2 Å². The first kappa shape index (κ1) is 18.0. The zero-order chi connectivity index (χ0) is 17.9. The smallest absolute Gasteiger partial charge is 0.417 e. The molecule has 0 fully saturated rings. The van der Waals surface area contributed by atoms with Gasteiger partial charge in [0.2, 0.25) is 0 Å². The first-order valence-electron chi connectivity index (χ1n) is 7.21. The average molecular weight is 341 g/mol. The Morgan fingerprint density at radius 2 is 2.04 bits per heavy atom. The molecule has 130 valence electrons. The van der Waals surface area contributed by atoms with Crippen LogP contribution in [0.25, 0.3) is 10.9 Å². The molecule has 0 radical (unpaired) electrons. The molecule has 0 spiro atoms. The molecule has 1 aromatic carbocycles. The molecule has 0 bridgehead atoms. The van der Waals surface area contributed by atoms with Crippen molar-refractivity contribution < 1.29 is 22.7 Å². The van der Waals surface area contributed by atoms with Gasteiger partial charge in [0, 0.05) is 24.7 Å². The molecular formula is C16H18F3N3O2. The summed E-state index contributed by atoms with van der Waals surface area (Å²) in [5.41, 5.74) is -1.36. The standard InChI is InChI=1S/C16H18F3N3O2/c1-22(2)7-6-20-15(23)12-9-21-13-5-4-10(24-3)8-11(13)14(12)16(17,18)19/h4-5,8-9H,6-7H2,1-3H3,(H,20,23). The average Bonchev–Trinajstić information content (AvgIpc) is 2.51. The van der Waals surface area contributed by atoms with E-state index in [-0.39, 0.29) is 23.2 Å². The molecule has 0 saturated heterocycles. The predicted molar refractivity (Wildman–Crippen MR) is 84.2 cm³/mol. The summed E-state index contributed by atoms with van der Waals surface area (Å²) in [6, 6.07) is 4.19. The fourth-order valence-electron chi connectivity index (χ4n) is 2.26. The van der Waals surface area contributed by atoms with E-state index >= 15 is 0 Å². The second-order valence-corrected chi connectivity index (χ2v) is 5.49. The van der Waals surface area contributed by atoms with Crippen molar-refractivity contribution in [2.24, 2.45) is 0 Å². The van der Waals surface area contributed by atoms with Gasteiger partial charge in [0.1, 0.15) is 5.75 Å². The number of amides is 1. The minimum Gasteiger partial charge on any atom is -0.497 e. The number of rotatable bonds is 5. The molecule has 1 N–H and O–H groups in total. The van der Waals surface area contributed by atoms with Crippen molar-refractivity contribution in [1.29, 1.82) is 0 Å². The highest BCUT2D eigenvalue weighted by Crippen LogP contribution is 2.37. The lowest BCUT2D eigenvalue weighted by molar-refractivity contribution is -0.136. The first-order valence-corrected chi connectivity index (χ1v) is 7.21. The van der Waals surface area contributed by atoms with Gasteiger partial charge in [0.25, 0.3) is 5.91 Å². The zero-order valence-corrected chi connectivity index (χ0v) is 13.6. The summed E-state index contributed by atoms with van der Waals surface area (Å²) in [5.74, 6) is -0.540. The quantitative estimate of drug-likeness (QED) is 0.908. The molecule has 0 saturated carbocycles. The van der Waals surface area contributed by atoms with Gasteiger partial charge in [0.15, 0.2) is 0 Å². The maximum atomic E-state index is 13.6. The van der Waals surface area contributed by atoms with Crippen LogP contribution >= 0.6 is 0 Å².